The zero-order valence-electron chi connectivity index (χ0n) is 27.0. The number of benzene rings is 3. The van der Waals surface area contributed by atoms with E-state index in [2.05, 4.69) is 33.8 Å². The van der Waals surface area contributed by atoms with E-state index >= 15 is 0 Å². The molecule has 3 aromatic carbocycles. The molecule has 2 N–H and O–H groups in total. The molecule has 49 heavy (non-hydrogen) atoms. The summed E-state index contributed by atoms with van der Waals surface area (Å²) in [5, 5.41) is 6.12. The Hall–Kier alpha value is -5.52. The molecule has 0 aliphatic carbocycles. The van der Waals surface area contributed by atoms with Crippen molar-refractivity contribution in [1.29, 1.82) is 0 Å². The SMILES string of the molecule is C=CC(=O)Cc1cccc(C)c1Nc1ncc2nc(-c3c(Cl)c(OC)cc(OC)c3Cl)c(=O)n(CCc3ccc(NC(=O)C=C)cc3)c2n1. The van der Waals surface area contributed by atoms with Gasteiger partial charge in [-0.15, -0.1) is 0 Å². The molecular weight excluding hydrogens is 667 g/mol. The molecule has 5 aromatic rings. The summed E-state index contributed by atoms with van der Waals surface area (Å²) in [7, 11) is 2.88. The number of hydrogen-bond acceptors (Lipinski definition) is 9. The zero-order valence-corrected chi connectivity index (χ0v) is 28.5. The normalized spacial score (nSPS) is 10.8. The van der Waals surface area contributed by atoms with Gasteiger partial charge in [-0.1, -0.05) is 66.7 Å². The number of ether oxygens (including phenoxy) is 2. The summed E-state index contributed by atoms with van der Waals surface area (Å²) in [5.74, 6) is 0.221. The second-order valence-corrected chi connectivity index (χ2v) is 11.6. The highest BCUT2D eigenvalue weighted by Gasteiger charge is 2.25. The van der Waals surface area contributed by atoms with Crippen LogP contribution in [0.5, 0.6) is 11.5 Å². The maximum atomic E-state index is 14.4. The van der Waals surface area contributed by atoms with Crippen LogP contribution in [0.15, 0.2) is 84.8 Å². The third-order valence-electron chi connectivity index (χ3n) is 7.72. The van der Waals surface area contributed by atoms with Gasteiger partial charge in [-0.3, -0.25) is 19.0 Å². The van der Waals surface area contributed by atoms with Gasteiger partial charge in [-0.2, -0.15) is 4.98 Å². The number of para-hydroxylation sites is 1. The van der Waals surface area contributed by atoms with Crippen LogP contribution in [0.2, 0.25) is 10.0 Å². The number of aromatic nitrogens is 4. The third kappa shape index (κ3) is 7.48. The average Bonchev–Trinajstić information content (AvgIpc) is 3.10. The Morgan fingerprint density at radius 2 is 1.67 bits per heavy atom. The van der Waals surface area contributed by atoms with Crippen LogP contribution in [0.25, 0.3) is 22.4 Å². The van der Waals surface area contributed by atoms with Crippen molar-refractivity contribution in [2.24, 2.45) is 0 Å². The Labute approximate surface area is 292 Å². The molecule has 2 heterocycles. The molecule has 5 rings (SSSR count). The largest absolute Gasteiger partial charge is 0.495 e. The molecule has 0 radical (unpaired) electrons. The van der Waals surface area contributed by atoms with Crippen molar-refractivity contribution in [2.45, 2.75) is 26.3 Å². The first kappa shape index (κ1) is 34.8. The lowest BCUT2D eigenvalue weighted by molar-refractivity contribution is -0.114. The predicted octanol–water partition coefficient (Wildman–Crippen LogP) is 6.89. The van der Waals surface area contributed by atoms with Crippen LogP contribution in [-0.4, -0.2) is 45.4 Å². The topological polar surface area (TPSA) is 137 Å². The first-order valence-corrected chi connectivity index (χ1v) is 15.7. The van der Waals surface area contributed by atoms with Crippen molar-refractivity contribution in [2.75, 3.05) is 24.9 Å². The summed E-state index contributed by atoms with van der Waals surface area (Å²) in [5.41, 5.74) is 3.89. The molecule has 0 spiro atoms. The highest BCUT2D eigenvalue weighted by Crippen LogP contribution is 2.44. The van der Waals surface area contributed by atoms with Gasteiger partial charge in [0.05, 0.1) is 36.0 Å². The molecule has 0 bridgehead atoms. The lowest BCUT2D eigenvalue weighted by Crippen LogP contribution is -2.26. The van der Waals surface area contributed by atoms with Gasteiger partial charge in [0.25, 0.3) is 5.56 Å². The summed E-state index contributed by atoms with van der Waals surface area (Å²) in [6.45, 7) is 9.13. The summed E-state index contributed by atoms with van der Waals surface area (Å²) in [6.07, 6.45) is 4.51. The van der Waals surface area contributed by atoms with Crippen molar-refractivity contribution >= 4 is 63.4 Å². The van der Waals surface area contributed by atoms with Crippen molar-refractivity contribution in [1.82, 2.24) is 19.5 Å². The highest BCUT2D eigenvalue weighted by molar-refractivity contribution is 6.41. The molecule has 1 amide bonds. The second-order valence-electron chi connectivity index (χ2n) is 10.8. The number of carbonyl (C=O) groups excluding carboxylic acids is 2. The summed E-state index contributed by atoms with van der Waals surface area (Å²) >= 11 is 13.4. The van der Waals surface area contributed by atoms with Crippen LogP contribution in [0.1, 0.15) is 16.7 Å². The van der Waals surface area contributed by atoms with Crippen LogP contribution < -0.4 is 25.7 Å². The molecule has 13 heteroatoms. The van der Waals surface area contributed by atoms with Gasteiger partial charge in [0.15, 0.2) is 11.4 Å². The van der Waals surface area contributed by atoms with E-state index < -0.39 is 5.56 Å². The van der Waals surface area contributed by atoms with Gasteiger partial charge in [0.1, 0.15) is 22.7 Å². The van der Waals surface area contributed by atoms with E-state index in [1.165, 1.54) is 43.2 Å². The number of allylic oxidation sites excluding steroid dienone is 1. The second kappa shape index (κ2) is 15.1. The van der Waals surface area contributed by atoms with E-state index in [0.29, 0.717) is 23.3 Å². The van der Waals surface area contributed by atoms with E-state index in [-0.39, 0.29) is 69.1 Å². The molecule has 0 saturated carbocycles. The molecule has 0 aliphatic rings. The fourth-order valence-corrected chi connectivity index (χ4v) is 5.86. The highest BCUT2D eigenvalue weighted by atomic mass is 35.5. The van der Waals surface area contributed by atoms with Crippen molar-refractivity contribution in [3.63, 3.8) is 0 Å². The molecule has 0 fully saturated rings. The Kier molecular flexibility index (Phi) is 10.8. The number of hydrogen-bond donors (Lipinski definition) is 2. The Balaban J connectivity index is 1.64. The molecule has 0 saturated heterocycles. The minimum absolute atomic E-state index is 0.0457. The number of halogens is 2. The van der Waals surface area contributed by atoms with Crippen molar-refractivity contribution < 1.29 is 19.1 Å². The number of anilines is 3. The smallest absolute Gasteiger partial charge is 0.278 e. The number of nitrogens with one attached hydrogen (secondary N) is 2. The predicted molar refractivity (Wildman–Crippen MR) is 192 cm³/mol. The van der Waals surface area contributed by atoms with Crippen LogP contribution in [0, 0.1) is 6.92 Å². The molecule has 2 aromatic heterocycles. The lowest BCUT2D eigenvalue weighted by atomic mass is 10.0. The van der Waals surface area contributed by atoms with Crippen LogP contribution in [-0.2, 0) is 29.0 Å². The number of carbonyl (C=O) groups is 2. The number of fused-ring (bicyclic) bond motifs is 1. The van der Waals surface area contributed by atoms with Gasteiger partial charge in [-0.05, 0) is 54.3 Å². The van der Waals surface area contributed by atoms with Crippen LogP contribution in [0.4, 0.5) is 17.3 Å². The lowest BCUT2D eigenvalue weighted by Gasteiger charge is -2.17. The van der Waals surface area contributed by atoms with Gasteiger partial charge < -0.3 is 20.1 Å². The number of methoxy groups -OCH3 is 2. The average molecular weight is 700 g/mol. The minimum Gasteiger partial charge on any atom is -0.495 e. The first-order chi connectivity index (χ1) is 23.6. The van der Waals surface area contributed by atoms with Gasteiger partial charge in [0.2, 0.25) is 11.9 Å². The third-order valence-corrected chi connectivity index (χ3v) is 8.47. The van der Waals surface area contributed by atoms with Gasteiger partial charge in [0, 0.05) is 30.4 Å². The van der Waals surface area contributed by atoms with Gasteiger partial charge in [-0.25, -0.2) is 9.97 Å². The first-order valence-electron chi connectivity index (χ1n) is 15.0. The summed E-state index contributed by atoms with van der Waals surface area (Å²) < 4.78 is 12.3. The number of rotatable bonds is 13. The number of amides is 1. The molecule has 0 unspecified atom stereocenters. The number of nitrogens with zero attached hydrogens (tertiary/aromatic N) is 4. The molecule has 250 valence electrons. The molecule has 11 nitrogen and oxygen atoms in total. The maximum Gasteiger partial charge on any atom is 0.278 e. The summed E-state index contributed by atoms with van der Waals surface area (Å²) in [6, 6.07) is 14.3. The minimum atomic E-state index is -0.515. The van der Waals surface area contributed by atoms with E-state index in [1.807, 2.05) is 37.3 Å². The number of ketones is 1. The molecular formula is C36H32Cl2N6O5. The van der Waals surface area contributed by atoms with Crippen molar-refractivity contribution in [3.8, 4) is 22.8 Å². The Morgan fingerprint density at radius 3 is 2.31 bits per heavy atom. The van der Waals surface area contributed by atoms with Crippen LogP contribution >= 0.6 is 23.2 Å². The standard InChI is InChI=1S/C36H32Cl2N6O5/c1-6-24(45)17-22-10-8-9-20(3)32(22)42-36-39-19-25-34(43-36)44(16-15-21-11-13-23(14-12-21)40-28(46)7-2)35(47)33(41-25)29-30(37)26(48-4)18-27(49-5)31(29)38/h6-14,18-19H,1-2,15-17H2,3-5H3,(H,40,46)(H,39,42,43). The van der Waals surface area contributed by atoms with E-state index in [9.17, 15) is 14.4 Å². The molecule has 0 aliphatic heterocycles. The van der Waals surface area contributed by atoms with Gasteiger partial charge >= 0.3 is 0 Å². The molecule has 0 atom stereocenters. The van der Waals surface area contributed by atoms with Crippen LogP contribution in [0.3, 0.4) is 0 Å². The Morgan fingerprint density at radius 1 is 0.980 bits per heavy atom. The fourth-order valence-electron chi connectivity index (χ4n) is 5.18. The van der Waals surface area contributed by atoms with E-state index in [0.717, 1.165) is 16.7 Å². The van der Waals surface area contributed by atoms with E-state index in [1.54, 1.807) is 12.1 Å². The maximum absolute atomic E-state index is 14.4. The van der Waals surface area contributed by atoms with E-state index in [4.69, 9.17) is 37.7 Å². The Bertz CT molecular complexity index is 2140. The summed E-state index contributed by atoms with van der Waals surface area (Å²) in [4.78, 5) is 52.2. The van der Waals surface area contributed by atoms with Crippen molar-refractivity contribution in [3.05, 3.63) is 117 Å². The number of aryl methyl sites for hydroxylation is 3. The quantitative estimate of drug-likeness (QED) is 0.126. The fraction of sp³-hybridized carbons (Fsp3) is 0.167. The zero-order chi connectivity index (χ0) is 35.2. The monoisotopic (exact) mass is 698 g/mol.